The maximum atomic E-state index is 13.6. The van der Waals surface area contributed by atoms with Gasteiger partial charge in [-0.1, -0.05) is 0 Å². The number of alkyl halides is 3. The molecule has 4 atom stereocenters. The number of ether oxygens (including phenoxy) is 1. The minimum Gasteiger partial charge on any atom is -0.455 e. The molecule has 1 amide bonds. The van der Waals surface area contributed by atoms with E-state index in [1.165, 1.54) is 24.5 Å². The van der Waals surface area contributed by atoms with Gasteiger partial charge >= 0.3 is 6.18 Å². The van der Waals surface area contributed by atoms with Crippen LogP contribution in [-0.2, 0) is 12.7 Å². The molecule has 2 saturated carbocycles. The van der Waals surface area contributed by atoms with Crippen molar-refractivity contribution in [1.29, 1.82) is 0 Å². The second-order valence-corrected chi connectivity index (χ2v) is 10.5. The van der Waals surface area contributed by atoms with Crippen LogP contribution in [-0.4, -0.2) is 43.4 Å². The highest BCUT2D eigenvalue weighted by Crippen LogP contribution is 2.63. The van der Waals surface area contributed by atoms with E-state index in [4.69, 9.17) is 9.84 Å². The third-order valence-electron chi connectivity index (χ3n) is 7.89. The molecule has 0 radical (unpaired) electrons. The molecule has 0 saturated heterocycles. The number of carbonyl (C=O) groups excluding carboxylic acids is 1. The van der Waals surface area contributed by atoms with E-state index in [-0.39, 0.29) is 36.3 Å². The van der Waals surface area contributed by atoms with E-state index < -0.39 is 11.7 Å². The summed E-state index contributed by atoms with van der Waals surface area (Å²) in [6.45, 7) is 0.370. The Balaban J connectivity index is 1.13. The number of nitrogens with zero attached hydrogens (tertiary/aromatic N) is 4. The Morgan fingerprint density at radius 2 is 1.95 bits per heavy atom. The minimum atomic E-state index is -4.46. The SMILES string of the molecule is O=C(NC1CCC2C(C1)C2c1cc(C(F)(F)F)ccc1Oc1cccnc1)c1ccc(-c2ccn(CCO)n2)nc1. The molecule has 6 rings (SSSR count). The first kappa shape index (κ1) is 26.9. The molecule has 0 spiro atoms. The Morgan fingerprint density at radius 3 is 2.68 bits per heavy atom. The van der Waals surface area contributed by atoms with Crippen molar-refractivity contribution in [1.82, 2.24) is 25.1 Å². The molecular weight excluding hydrogens is 535 g/mol. The van der Waals surface area contributed by atoms with Crippen molar-refractivity contribution >= 4 is 5.91 Å². The van der Waals surface area contributed by atoms with Gasteiger partial charge in [-0.2, -0.15) is 18.3 Å². The van der Waals surface area contributed by atoms with Crippen LogP contribution in [0.3, 0.4) is 0 Å². The molecule has 3 heterocycles. The lowest BCUT2D eigenvalue weighted by molar-refractivity contribution is -0.137. The zero-order valence-corrected chi connectivity index (χ0v) is 22.0. The number of carbonyl (C=O) groups is 1. The van der Waals surface area contributed by atoms with Crippen LogP contribution in [0, 0.1) is 11.8 Å². The molecule has 212 valence electrons. The Labute approximate surface area is 234 Å². The molecule has 2 aliphatic carbocycles. The number of aromatic nitrogens is 4. The molecule has 4 aromatic rings. The summed E-state index contributed by atoms with van der Waals surface area (Å²) >= 11 is 0. The Morgan fingerprint density at radius 1 is 1.07 bits per heavy atom. The van der Waals surface area contributed by atoms with E-state index in [2.05, 4.69) is 20.4 Å². The van der Waals surface area contributed by atoms with Gasteiger partial charge in [0.15, 0.2) is 0 Å². The number of halogens is 3. The van der Waals surface area contributed by atoms with Gasteiger partial charge in [0.1, 0.15) is 17.2 Å². The van der Waals surface area contributed by atoms with Gasteiger partial charge < -0.3 is 15.2 Å². The molecule has 8 nitrogen and oxygen atoms in total. The normalized spacial score (nSPS) is 21.7. The van der Waals surface area contributed by atoms with E-state index in [9.17, 15) is 18.0 Å². The number of aliphatic hydroxyl groups excluding tert-OH is 1. The number of hydrogen-bond acceptors (Lipinski definition) is 6. The van der Waals surface area contributed by atoms with E-state index in [0.29, 0.717) is 47.0 Å². The number of fused-ring (bicyclic) bond motifs is 1. The molecule has 2 N–H and O–H groups in total. The topological polar surface area (TPSA) is 102 Å². The Bertz CT molecular complexity index is 1520. The Hall–Kier alpha value is -4.25. The number of nitrogens with one attached hydrogen (secondary N) is 1. The third kappa shape index (κ3) is 5.81. The van der Waals surface area contributed by atoms with E-state index >= 15 is 0 Å². The standard InChI is InChI=1S/C30H28F3N5O3/c31-30(32,33)19-4-8-27(41-21-2-1-10-34-17-21)24(14-19)28-22-6-5-20(15-23(22)28)36-29(40)18-3-7-25(35-16-18)26-9-11-38(37-26)12-13-39/h1-4,7-11,14,16-17,20,22-23,28,39H,5-6,12-13,15H2,(H,36,40). The van der Waals surface area contributed by atoms with Crippen molar-refractivity contribution in [2.45, 2.75) is 43.9 Å². The summed E-state index contributed by atoms with van der Waals surface area (Å²) in [5.41, 5.74) is 1.53. The number of hydrogen-bond donors (Lipinski definition) is 2. The quantitative estimate of drug-likeness (QED) is 0.295. The summed E-state index contributed by atoms with van der Waals surface area (Å²) in [6.07, 6.45) is 4.15. The van der Waals surface area contributed by atoms with Crippen LogP contribution in [0.5, 0.6) is 11.5 Å². The lowest BCUT2D eigenvalue weighted by atomic mass is 9.95. The fourth-order valence-corrected chi connectivity index (χ4v) is 5.88. The lowest BCUT2D eigenvalue weighted by Gasteiger charge is -2.22. The summed E-state index contributed by atoms with van der Waals surface area (Å²) < 4.78 is 48.3. The minimum absolute atomic E-state index is 0.0164. The van der Waals surface area contributed by atoms with Gasteiger partial charge in [0.2, 0.25) is 0 Å². The maximum absolute atomic E-state index is 13.6. The van der Waals surface area contributed by atoms with Crippen LogP contribution in [0.1, 0.15) is 46.7 Å². The van der Waals surface area contributed by atoms with Gasteiger partial charge in [-0.05, 0) is 91.1 Å². The van der Waals surface area contributed by atoms with Crippen LogP contribution >= 0.6 is 0 Å². The fourth-order valence-electron chi connectivity index (χ4n) is 5.88. The van der Waals surface area contributed by atoms with Crippen molar-refractivity contribution in [3.8, 4) is 22.9 Å². The number of aliphatic hydroxyl groups is 1. The summed E-state index contributed by atoms with van der Waals surface area (Å²) in [7, 11) is 0. The highest BCUT2D eigenvalue weighted by molar-refractivity contribution is 5.94. The van der Waals surface area contributed by atoms with E-state index in [1.807, 2.05) is 0 Å². The van der Waals surface area contributed by atoms with Gasteiger partial charge in [0.05, 0.1) is 36.2 Å². The molecule has 3 aromatic heterocycles. The van der Waals surface area contributed by atoms with Crippen LogP contribution in [0.15, 0.2) is 73.3 Å². The highest BCUT2D eigenvalue weighted by Gasteiger charge is 2.54. The number of benzene rings is 1. The molecule has 0 aliphatic heterocycles. The third-order valence-corrected chi connectivity index (χ3v) is 7.89. The van der Waals surface area contributed by atoms with Gasteiger partial charge in [0.25, 0.3) is 5.91 Å². The largest absolute Gasteiger partial charge is 0.455 e. The molecule has 2 fully saturated rings. The van der Waals surface area contributed by atoms with Crippen molar-refractivity contribution in [2.75, 3.05) is 6.61 Å². The second kappa shape index (κ2) is 11.0. The molecular formula is C30H28F3N5O3. The van der Waals surface area contributed by atoms with E-state index in [1.54, 1.807) is 47.4 Å². The first-order valence-corrected chi connectivity index (χ1v) is 13.5. The van der Waals surface area contributed by atoms with Gasteiger partial charge in [-0.3, -0.25) is 19.4 Å². The summed E-state index contributed by atoms with van der Waals surface area (Å²) in [4.78, 5) is 21.4. The van der Waals surface area contributed by atoms with Crippen LogP contribution in [0.4, 0.5) is 13.2 Å². The van der Waals surface area contributed by atoms with E-state index in [0.717, 1.165) is 18.9 Å². The molecule has 0 bridgehead atoms. The molecule has 4 unspecified atom stereocenters. The highest BCUT2D eigenvalue weighted by atomic mass is 19.4. The lowest BCUT2D eigenvalue weighted by Crippen LogP contribution is -2.36. The van der Waals surface area contributed by atoms with Gasteiger partial charge in [-0.25, -0.2) is 0 Å². The monoisotopic (exact) mass is 563 g/mol. The molecule has 11 heteroatoms. The smallest absolute Gasteiger partial charge is 0.416 e. The van der Waals surface area contributed by atoms with Crippen LogP contribution in [0.25, 0.3) is 11.4 Å². The van der Waals surface area contributed by atoms with Crippen LogP contribution < -0.4 is 10.1 Å². The zero-order valence-electron chi connectivity index (χ0n) is 22.0. The molecule has 41 heavy (non-hydrogen) atoms. The predicted octanol–water partition coefficient (Wildman–Crippen LogP) is 5.46. The average molecular weight is 564 g/mol. The van der Waals surface area contributed by atoms with Crippen molar-refractivity contribution in [2.24, 2.45) is 11.8 Å². The number of amides is 1. The van der Waals surface area contributed by atoms with Crippen LogP contribution in [0.2, 0.25) is 0 Å². The first-order valence-electron chi connectivity index (χ1n) is 13.5. The number of rotatable bonds is 8. The van der Waals surface area contributed by atoms with Gasteiger partial charge in [-0.15, -0.1) is 0 Å². The summed E-state index contributed by atoms with van der Waals surface area (Å²) in [5.74, 6) is 0.948. The fraction of sp³-hybridized carbons (Fsp3) is 0.333. The predicted molar refractivity (Wildman–Crippen MR) is 143 cm³/mol. The first-order chi connectivity index (χ1) is 19.8. The molecule has 1 aromatic carbocycles. The average Bonchev–Trinajstić information content (AvgIpc) is 3.48. The summed E-state index contributed by atoms with van der Waals surface area (Å²) in [5, 5.41) is 16.5. The summed E-state index contributed by atoms with van der Waals surface area (Å²) in [6, 6.07) is 12.2. The second-order valence-electron chi connectivity index (χ2n) is 10.5. The van der Waals surface area contributed by atoms with Gasteiger partial charge in [0, 0.05) is 24.6 Å². The van der Waals surface area contributed by atoms with Crippen molar-refractivity contribution in [3.63, 3.8) is 0 Å². The maximum Gasteiger partial charge on any atom is 0.416 e. The number of pyridine rings is 2. The zero-order chi connectivity index (χ0) is 28.6. The Kier molecular flexibility index (Phi) is 7.21. The van der Waals surface area contributed by atoms with Crippen molar-refractivity contribution in [3.05, 3.63) is 90.0 Å². The molecule has 2 aliphatic rings. The van der Waals surface area contributed by atoms with Crippen molar-refractivity contribution < 1.29 is 27.8 Å².